The predicted molar refractivity (Wildman–Crippen MR) is 101 cm³/mol. The van der Waals surface area contributed by atoms with Crippen LogP contribution in [0.4, 0.5) is 0 Å². The van der Waals surface area contributed by atoms with E-state index < -0.39 is 0 Å². The van der Waals surface area contributed by atoms with Crippen LogP contribution in [0.25, 0.3) is 0 Å². The van der Waals surface area contributed by atoms with Crippen molar-refractivity contribution in [2.45, 2.75) is 52.5 Å². The Kier molecular flexibility index (Phi) is 6.89. The number of hydrogen-bond acceptors (Lipinski definition) is 4. The average Bonchev–Trinajstić information content (AvgIpc) is 2.60. The van der Waals surface area contributed by atoms with E-state index in [1.807, 2.05) is 32.6 Å². The standard InChI is InChI=1S/C20H30N2O4/c1-5-25-17-13-15(19(24)21-20(2,3)4)9-10-16(17)26-14-18(23)22-11-7-6-8-12-22/h9-10,13H,5-8,11-12,14H2,1-4H3,(H,21,24). The quantitative estimate of drug-likeness (QED) is 0.845. The fourth-order valence-corrected chi connectivity index (χ4v) is 2.82. The molecule has 2 rings (SSSR count). The van der Waals surface area contributed by atoms with E-state index in [1.165, 1.54) is 6.42 Å². The summed E-state index contributed by atoms with van der Waals surface area (Å²) in [5.41, 5.74) is 0.178. The van der Waals surface area contributed by atoms with E-state index in [4.69, 9.17) is 9.47 Å². The highest BCUT2D eigenvalue weighted by molar-refractivity contribution is 5.95. The molecule has 2 amide bonds. The van der Waals surface area contributed by atoms with Crippen molar-refractivity contribution in [1.82, 2.24) is 10.2 Å². The zero-order valence-electron chi connectivity index (χ0n) is 16.3. The van der Waals surface area contributed by atoms with E-state index in [1.54, 1.807) is 18.2 Å². The predicted octanol–water partition coefficient (Wildman–Crippen LogP) is 3.00. The van der Waals surface area contributed by atoms with Crippen LogP contribution in [0.5, 0.6) is 11.5 Å². The van der Waals surface area contributed by atoms with Crippen LogP contribution in [0.3, 0.4) is 0 Å². The Morgan fingerprint density at radius 3 is 2.38 bits per heavy atom. The summed E-state index contributed by atoms with van der Waals surface area (Å²) >= 11 is 0. The SMILES string of the molecule is CCOc1cc(C(=O)NC(C)(C)C)ccc1OCC(=O)N1CCCCC1. The molecular formula is C20H30N2O4. The number of piperidine rings is 1. The van der Waals surface area contributed by atoms with E-state index in [9.17, 15) is 9.59 Å². The lowest BCUT2D eigenvalue weighted by Crippen LogP contribution is -2.40. The van der Waals surface area contributed by atoms with Gasteiger partial charge in [0.05, 0.1) is 6.61 Å². The van der Waals surface area contributed by atoms with E-state index >= 15 is 0 Å². The maximum atomic E-state index is 12.3. The van der Waals surface area contributed by atoms with Gasteiger partial charge in [-0.15, -0.1) is 0 Å². The molecule has 1 aromatic carbocycles. The number of benzene rings is 1. The Morgan fingerprint density at radius 1 is 1.08 bits per heavy atom. The van der Waals surface area contributed by atoms with Crippen molar-refractivity contribution in [3.8, 4) is 11.5 Å². The molecule has 1 fully saturated rings. The van der Waals surface area contributed by atoms with Gasteiger partial charge in [-0.05, 0) is 65.2 Å². The van der Waals surface area contributed by atoms with Gasteiger partial charge in [-0.1, -0.05) is 0 Å². The maximum absolute atomic E-state index is 12.3. The molecule has 0 radical (unpaired) electrons. The molecule has 1 aromatic rings. The zero-order valence-corrected chi connectivity index (χ0v) is 16.3. The molecule has 1 heterocycles. The van der Waals surface area contributed by atoms with Crippen molar-refractivity contribution in [2.24, 2.45) is 0 Å². The molecule has 1 aliphatic rings. The highest BCUT2D eigenvalue weighted by Crippen LogP contribution is 2.29. The molecule has 1 aliphatic heterocycles. The fraction of sp³-hybridized carbons (Fsp3) is 0.600. The van der Waals surface area contributed by atoms with Crippen LogP contribution in [-0.4, -0.2) is 48.6 Å². The number of likely N-dealkylation sites (tertiary alicyclic amines) is 1. The smallest absolute Gasteiger partial charge is 0.260 e. The first-order chi connectivity index (χ1) is 12.3. The number of amides is 2. The van der Waals surface area contributed by atoms with Crippen LogP contribution in [0, 0.1) is 0 Å². The lowest BCUT2D eigenvalue weighted by Gasteiger charge is -2.26. The topological polar surface area (TPSA) is 67.9 Å². The molecule has 6 heteroatoms. The number of carbonyl (C=O) groups excluding carboxylic acids is 2. The monoisotopic (exact) mass is 362 g/mol. The van der Waals surface area contributed by atoms with E-state index in [0.29, 0.717) is 23.7 Å². The number of ether oxygens (including phenoxy) is 2. The molecule has 0 aromatic heterocycles. The third kappa shape index (κ3) is 5.93. The Labute approximate surface area is 155 Å². The third-order valence-corrected chi connectivity index (χ3v) is 4.05. The number of nitrogens with one attached hydrogen (secondary N) is 1. The van der Waals surface area contributed by atoms with Crippen LogP contribution < -0.4 is 14.8 Å². The second-order valence-corrected chi connectivity index (χ2v) is 7.53. The number of carbonyl (C=O) groups is 2. The molecule has 144 valence electrons. The van der Waals surface area contributed by atoms with Crippen molar-refractivity contribution >= 4 is 11.8 Å². The zero-order chi connectivity index (χ0) is 19.2. The number of hydrogen-bond donors (Lipinski definition) is 1. The second kappa shape index (κ2) is 8.92. The van der Waals surface area contributed by atoms with Crippen molar-refractivity contribution in [3.63, 3.8) is 0 Å². The highest BCUT2D eigenvalue weighted by atomic mass is 16.5. The average molecular weight is 362 g/mol. The summed E-state index contributed by atoms with van der Waals surface area (Å²) in [5, 5.41) is 2.92. The van der Waals surface area contributed by atoms with E-state index in [0.717, 1.165) is 25.9 Å². The molecule has 26 heavy (non-hydrogen) atoms. The largest absolute Gasteiger partial charge is 0.490 e. The van der Waals surface area contributed by atoms with Gasteiger partial charge in [0.1, 0.15) is 0 Å². The molecular weight excluding hydrogens is 332 g/mol. The summed E-state index contributed by atoms with van der Waals surface area (Å²) in [5.74, 6) is 0.765. The van der Waals surface area contributed by atoms with Gasteiger partial charge in [0.25, 0.3) is 11.8 Å². The van der Waals surface area contributed by atoms with Crippen LogP contribution >= 0.6 is 0 Å². The summed E-state index contributed by atoms with van der Waals surface area (Å²) in [6, 6.07) is 5.03. The molecule has 1 saturated heterocycles. The van der Waals surface area contributed by atoms with E-state index in [2.05, 4.69) is 5.32 Å². The van der Waals surface area contributed by atoms with Crippen LogP contribution in [0.15, 0.2) is 18.2 Å². The van der Waals surface area contributed by atoms with Crippen molar-refractivity contribution < 1.29 is 19.1 Å². The molecule has 0 unspecified atom stereocenters. The highest BCUT2D eigenvalue weighted by Gasteiger charge is 2.19. The van der Waals surface area contributed by atoms with Gasteiger partial charge in [-0.25, -0.2) is 0 Å². The first-order valence-electron chi connectivity index (χ1n) is 9.30. The molecule has 1 N–H and O–H groups in total. The summed E-state index contributed by atoms with van der Waals surface area (Å²) in [6.45, 7) is 9.67. The maximum Gasteiger partial charge on any atom is 0.260 e. The summed E-state index contributed by atoms with van der Waals surface area (Å²) in [6.07, 6.45) is 3.28. The van der Waals surface area contributed by atoms with Crippen molar-refractivity contribution in [2.75, 3.05) is 26.3 Å². The van der Waals surface area contributed by atoms with Gasteiger partial charge in [0.2, 0.25) is 0 Å². The van der Waals surface area contributed by atoms with E-state index in [-0.39, 0.29) is 24.0 Å². The van der Waals surface area contributed by atoms with Gasteiger partial charge < -0.3 is 19.7 Å². The lowest BCUT2D eigenvalue weighted by molar-refractivity contribution is -0.134. The first-order valence-corrected chi connectivity index (χ1v) is 9.30. The van der Waals surface area contributed by atoms with Gasteiger partial charge >= 0.3 is 0 Å². The Hall–Kier alpha value is -2.24. The summed E-state index contributed by atoms with van der Waals surface area (Å²) in [4.78, 5) is 26.4. The Bertz CT molecular complexity index is 631. The van der Waals surface area contributed by atoms with Gasteiger partial charge in [-0.2, -0.15) is 0 Å². The van der Waals surface area contributed by atoms with Crippen LogP contribution in [0.1, 0.15) is 57.3 Å². The van der Waals surface area contributed by atoms with Crippen LogP contribution in [-0.2, 0) is 4.79 Å². The fourth-order valence-electron chi connectivity index (χ4n) is 2.82. The first kappa shape index (κ1) is 20.1. The third-order valence-electron chi connectivity index (χ3n) is 4.05. The molecule has 0 spiro atoms. The van der Waals surface area contributed by atoms with Crippen molar-refractivity contribution in [1.29, 1.82) is 0 Å². The minimum atomic E-state index is -0.321. The second-order valence-electron chi connectivity index (χ2n) is 7.53. The van der Waals surface area contributed by atoms with Crippen LogP contribution in [0.2, 0.25) is 0 Å². The molecule has 0 aliphatic carbocycles. The lowest BCUT2D eigenvalue weighted by atomic mass is 10.1. The number of rotatable bonds is 6. The molecule has 6 nitrogen and oxygen atoms in total. The summed E-state index contributed by atoms with van der Waals surface area (Å²) in [7, 11) is 0. The molecule has 0 saturated carbocycles. The van der Waals surface area contributed by atoms with Gasteiger partial charge in [0.15, 0.2) is 18.1 Å². The Morgan fingerprint density at radius 2 is 1.77 bits per heavy atom. The van der Waals surface area contributed by atoms with Gasteiger partial charge in [0, 0.05) is 24.2 Å². The molecule has 0 atom stereocenters. The minimum Gasteiger partial charge on any atom is -0.490 e. The van der Waals surface area contributed by atoms with Crippen molar-refractivity contribution in [3.05, 3.63) is 23.8 Å². The van der Waals surface area contributed by atoms with Gasteiger partial charge in [-0.3, -0.25) is 9.59 Å². The minimum absolute atomic E-state index is 0.0123. The number of nitrogens with zero attached hydrogens (tertiary/aromatic N) is 1. The molecule has 0 bridgehead atoms. The Balaban J connectivity index is 2.05. The normalized spacial score (nSPS) is 14.7. The summed E-state index contributed by atoms with van der Waals surface area (Å²) < 4.78 is 11.3.